The lowest BCUT2D eigenvalue weighted by molar-refractivity contribution is 0.0545. The first-order valence-electron chi connectivity index (χ1n) is 11.6. The average Bonchev–Trinajstić information content (AvgIpc) is 3.34. The van der Waals surface area contributed by atoms with Crippen LogP contribution >= 0.6 is 0 Å². The number of halogens is 4. The van der Waals surface area contributed by atoms with Gasteiger partial charge in [0.25, 0.3) is 6.43 Å². The Morgan fingerprint density at radius 2 is 1.76 bits per heavy atom. The van der Waals surface area contributed by atoms with E-state index in [1.54, 1.807) is 0 Å². The Bertz CT molecular complexity index is 971. The first kappa shape index (κ1) is 22.5. The topological polar surface area (TPSA) is 50.3 Å². The van der Waals surface area contributed by atoms with E-state index < -0.39 is 18.1 Å². The minimum Gasteiger partial charge on any atom is -0.381 e. The minimum absolute atomic E-state index is 0.0228. The molecule has 3 heterocycles. The summed E-state index contributed by atoms with van der Waals surface area (Å²) in [5.41, 5.74) is -0.641. The van der Waals surface area contributed by atoms with Crippen molar-refractivity contribution in [3.63, 3.8) is 0 Å². The molecule has 1 aromatic carbocycles. The third-order valence-corrected chi connectivity index (χ3v) is 7.29. The molecule has 2 aliphatic heterocycles. The molecule has 5 nitrogen and oxygen atoms in total. The molecule has 1 aromatic heterocycles. The number of nitrogens with zero attached hydrogens (tertiary/aromatic N) is 3. The van der Waals surface area contributed by atoms with Gasteiger partial charge in [-0.1, -0.05) is 0 Å². The van der Waals surface area contributed by atoms with Crippen molar-refractivity contribution in [2.45, 2.75) is 38.2 Å². The van der Waals surface area contributed by atoms with E-state index in [1.165, 1.54) is 0 Å². The monoisotopic (exact) mass is 464 g/mol. The summed E-state index contributed by atoms with van der Waals surface area (Å²) in [4.78, 5) is 2.55. The maximum atomic E-state index is 14.1. The largest absolute Gasteiger partial charge is 0.381 e. The maximum Gasteiger partial charge on any atom is 0.267 e. The predicted molar refractivity (Wildman–Crippen MR) is 116 cm³/mol. The molecule has 1 saturated carbocycles. The van der Waals surface area contributed by atoms with Crippen molar-refractivity contribution in [3.8, 4) is 11.3 Å². The van der Waals surface area contributed by atoms with Gasteiger partial charge in [-0.3, -0.25) is 0 Å². The molecule has 3 aliphatic rings. The lowest BCUT2D eigenvalue weighted by Gasteiger charge is -2.28. The van der Waals surface area contributed by atoms with Gasteiger partial charge in [-0.2, -0.15) is 0 Å². The summed E-state index contributed by atoms with van der Waals surface area (Å²) < 4.78 is 60.6. The Morgan fingerprint density at radius 3 is 2.45 bits per heavy atom. The fourth-order valence-electron chi connectivity index (χ4n) is 5.66. The van der Waals surface area contributed by atoms with Gasteiger partial charge in [-0.25, -0.2) is 17.6 Å². The lowest BCUT2D eigenvalue weighted by Crippen LogP contribution is -2.32. The number of rotatable bonds is 6. The molecule has 2 aromatic rings. The molecule has 9 heteroatoms. The first-order valence-corrected chi connectivity index (χ1v) is 11.6. The number of fused-ring (bicyclic) bond motifs is 1. The number of ether oxygens (including phenoxy) is 1. The Labute approximate surface area is 190 Å². The number of hydrogen-bond donors (Lipinski definition) is 1. The molecular weight excluding hydrogens is 436 g/mol. The molecule has 0 amide bonds. The van der Waals surface area contributed by atoms with Crippen LogP contribution in [-0.2, 0) is 4.74 Å². The fraction of sp³-hybridized carbons (Fsp3) is 0.583. The van der Waals surface area contributed by atoms with Gasteiger partial charge in [0.05, 0.1) is 11.3 Å². The molecule has 178 valence electrons. The highest BCUT2D eigenvalue weighted by atomic mass is 19.3. The van der Waals surface area contributed by atoms with Crippen LogP contribution in [0, 0.1) is 29.4 Å². The number of benzene rings is 1. The van der Waals surface area contributed by atoms with Crippen molar-refractivity contribution in [3.05, 3.63) is 41.5 Å². The number of nitrogens with one attached hydrogen (secondary N) is 1. The van der Waals surface area contributed by atoms with Gasteiger partial charge < -0.3 is 15.0 Å². The van der Waals surface area contributed by atoms with Gasteiger partial charge in [-0.15, -0.1) is 10.2 Å². The van der Waals surface area contributed by atoms with Crippen LogP contribution < -0.4 is 5.32 Å². The SMILES string of the molecule is Fc1ccc(F)c(-c2cc(C(F)F)c(NC3C[C@@H]4CN(CC5CCOCC5)C[C@H]4C3)nn2)c1. The third kappa shape index (κ3) is 4.99. The number of aromatic nitrogens is 2. The summed E-state index contributed by atoms with van der Waals surface area (Å²) in [6.07, 6.45) is 1.25. The molecule has 3 fully saturated rings. The molecule has 33 heavy (non-hydrogen) atoms. The van der Waals surface area contributed by atoms with Gasteiger partial charge in [0.2, 0.25) is 0 Å². The number of anilines is 1. The number of alkyl halides is 2. The van der Waals surface area contributed by atoms with E-state index in [1.807, 2.05) is 0 Å². The highest BCUT2D eigenvalue weighted by molar-refractivity contribution is 5.63. The van der Waals surface area contributed by atoms with Crippen LogP contribution in [0.3, 0.4) is 0 Å². The van der Waals surface area contributed by atoms with Crippen LogP contribution in [0.25, 0.3) is 11.3 Å². The molecule has 0 radical (unpaired) electrons. The Balaban J connectivity index is 1.23. The van der Waals surface area contributed by atoms with E-state index in [9.17, 15) is 17.6 Å². The summed E-state index contributed by atoms with van der Waals surface area (Å²) in [7, 11) is 0. The zero-order valence-corrected chi connectivity index (χ0v) is 18.3. The molecule has 0 unspecified atom stereocenters. The van der Waals surface area contributed by atoms with E-state index in [0.717, 1.165) is 82.8 Å². The van der Waals surface area contributed by atoms with E-state index in [-0.39, 0.29) is 28.7 Å². The van der Waals surface area contributed by atoms with Crippen LogP contribution in [-0.4, -0.2) is 54.0 Å². The van der Waals surface area contributed by atoms with Crippen LogP contribution in [0.2, 0.25) is 0 Å². The minimum atomic E-state index is -2.81. The molecule has 0 bridgehead atoms. The van der Waals surface area contributed by atoms with Crippen molar-refractivity contribution < 1.29 is 22.3 Å². The fourth-order valence-corrected chi connectivity index (χ4v) is 5.66. The van der Waals surface area contributed by atoms with Gasteiger partial charge >= 0.3 is 0 Å². The zero-order valence-electron chi connectivity index (χ0n) is 18.3. The summed E-state index contributed by atoms with van der Waals surface area (Å²) >= 11 is 0. The van der Waals surface area contributed by atoms with Gasteiger partial charge in [0.15, 0.2) is 5.82 Å². The molecule has 2 atom stereocenters. The van der Waals surface area contributed by atoms with E-state index >= 15 is 0 Å². The standard InChI is InChI=1S/C24H28F4N4O/c25-17-1-2-21(26)19(9-17)22-10-20(23(27)28)24(31-30-22)29-18-7-15-12-32(13-16(15)8-18)11-14-3-5-33-6-4-14/h1-2,9-10,14-16,18,23H,3-8,11-13H2,(H,29,31)/t15-,16-/m1/s1. The third-order valence-electron chi connectivity index (χ3n) is 7.29. The van der Waals surface area contributed by atoms with Crippen molar-refractivity contribution in [2.75, 3.05) is 38.2 Å². The van der Waals surface area contributed by atoms with E-state index in [4.69, 9.17) is 4.74 Å². The Morgan fingerprint density at radius 1 is 1.03 bits per heavy atom. The number of likely N-dealkylation sites (tertiary alicyclic amines) is 1. The lowest BCUT2D eigenvalue weighted by atomic mass is 10.00. The second-order valence-electron chi connectivity index (χ2n) is 9.57. The molecular formula is C24H28F4N4O. The molecule has 1 N–H and O–H groups in total. The Kier molecular flexibility index (Phi) is 6.51. The van der Waals surface area contributed by atoms with Crippen molar-refractivity contribution in [1.29, 1.82) is 0 Å². The second kappa shape index (κ2) is 9.54. The maximum absolute atomic E-state index is 14.1. The number of hydrogen-bond acceptors (Lipinski definition) is 5. The highest BCUT2D eigenvalue weighted by Crippen LogP contribution is 2.40. The summed E-state index contributed by atoms with van der Waals surface area (Å²) in [6.45, 7) is 4.93. The van der Waals surface area contributed by atoms with Crippen LogP contribution in [0.1, 0.15) is 37.7 Å². The van der Waals surface area contributed by atoms with Gasteiger partial charge in [0, 0.05) is 44.5 Å². The second-order valence-corrected chi connectivity index (χ2v) is 9.57. The van der Waals surface area contributed by atoms with Crippen molar-refractivity contribution in [1.82, 2.24) is 15.1 Å². The quantitative estimate of drug-likeness (QED) is 0.616. The molecule has 1 aliphatic carbocycles. The van der Waals surface area contributed by atoms with Crippen LogP contribution in [0.5, 0.6) is 0 Å². The summed E-state index contributed by atoms with van der Waals surface area (Å²) in [5, 5.41) is 11.0. The normalized spacial score (nSPS) is 24.5. The van der Waals surface area contributed by atoms with Crippen LogP contribution in [0.15, 0.2) is 24.3 Å². The highest BCUT2D eigenvalue weighted by Gasteiger charge is 2.41. The first-order chi connectivity index (χ1) is 16.0. The molecule has 0 spiro atoms. The smallest absolute Gasteiger partial charge is 0.267 e. The predicted octanol–water partition coefficient (Wildman–Crippen LogP) is 4.91. The zero-order chi connectivity index (χ0) is 22.9. The average molecular weight is 465 g/mol. The summed E-state index contributed by atoms with van der Waals surface area (Å²) in [5.74, 6) is 0.418. The molecule has 2 saturated heterocycles. The van der Waals surface area contributed by atoms with Crippen LogP contribution in [0.4, 0.5) is 23.4 Å². The Hall–Kier alpha value is -2.26. The molecule has 5 rings (SSSR count). The van der Waals surface area contributed by atoms with Gasteiger partial charge in [0.1, 0.15) is 11.6 Å². The summed E-state index contributed by atoms with van der Waals surface area (Å²) in [6, 6.07) is 4.00. The van der Waals surface area contributed by atoms with Crippen molar-refractivity contribution in [2.24, 2.45) is 17.8 Å². The van der Waals surface area contributed by atoms with Gasteiger partial charge in [-0.05, 0) is 67.7 Å². The van der Waals surface area contributed by atoms with E-state index in [2.05, 4.69) is 20.4 Å². The van der Waals surface area contributed by atoms with Crippen molar-refractivity contribution >= 4 is 5.82 Å². The van der Waals surface area contributed by atoms with E-state index in [0.29, 0.717) is 17.8 Å².